The third-order valence-corrected chi connectivity index (χ3v) is 2.11. The van der Waals surface area contributed by atoms with Crippen LogP contribution in [0.15, 0.2) is 18.2 Å². The fraction of sp³-hybridized carbons (Fsp3) is 0.400. The molecule has 0 fully saturated rings. The van der Waals surface area contributed by atoms with Crippen molar-refractivity contribution in [3.8, 4) is 5.75 Å². The van der Waals surface area contributed by atoms with Crippen molar-refractivity contribution in [2.24, 2.45) is 0 Å². The molecule has 0 aliphatic rings. The molecule has 0 aliphatic heterocycles. The van der Waals surface area contributed by atoms with E-state index in [-0.39, 0.29) is 5.82 Å². The summed E-state index contributed by atoms with van der Waals surface area (Å²) in [5, 5.41) is 0. The number of rotatable bonds is 4. The fourth-order valence-electron chi connectivity index (χ4n) is 1.16. The zero-order chi connectivity index (χ0) is 9.68. The van der Waals surface area contributed by atoms with Gasteiger partial charge in [-0.25, -0.2) is 4.39 Å². The summed E-state index contributed by atoms with van der Waals surface area (Å²) in [7, 11) is 1.46. The van der Waals surface area contributed by atoms with Crippen molar-refractivity contribution in [2.75, 3.05) is 13.0 Å². The van der Waals surface area contributed by atoms with Crippen LogP contribution in [0.1, 0.15) is 12.0 Å². The van der Waals surface area contributed by atoms with E-state index in [4.69, 9.17) is 16.3 Å². The van der Waals surface area contributed by atoms with E-state index in [1.54, 1.807) is 18.2 Å². The standard InChI is InChI=1S/C10H12ClFO/c1-13-9-6-2-4-8(10(9)12)5-3-7-11/h2,4,6H,3,5,7H2,1H3. The minimum atomic E-state index is -0.268. The predicted octanol–water partition coefficient (Wildman–Crippen LogP) is 3.01. The molecule has 0 saturated heterocycles. The number of hydrogen-bond donors (Lipinski definition) is 0. The lowest BCUT2D eigenvalue weighted by molar-refractivity contribution is 0.384. The molecule has 0 unspecified atom stereocenters. The molecule has 0 heterocycles. The van der Waals surface area contributed by atoms with Crippen LogP contribution in [0.3, 0.4) is 0 Å². The van der Waals surface area contributed by atoms with Gasteiger partial charge in [0, 0.05) is 5.88 Å². The van der Waals surface area contributed by atoms with Crippen LogP contribution in [0.25, 0.3) is 0 Å². The number of ether oxygens (including phenoxy) is 1. The quantitative estimate of drug-likeness (QED) is 0.682. The van der Waals surface area contributed by atoms with E-state index in [9.17, 15) is 4.39 Å². The highest BCUT2D eigenvalue weighted by atomic mass is 35.5. The summed E-state index contributed by atoms with van der Waals surface area (Å²) in [6.45, 7) is 0. The van der Waals surface area contributed by atoms with Crippen molar-refractivity contribution >= 4 is 11.6 Å². The molecule has 1 rings (SSSR count). The van der Waals surface area contributed by atoms with Crippen molar-refractivity contribution < 1.29 is 9.13 Å². The van der Waals surface area contributed by atoms with Crippen LogP contribution in [0.2, 0.25) is 0 Å². The Hall–Kier alpha value is -0.760. The average Bonchev–Trinajstić information content (AvgIpc) is 2.16. The highest BCUT2D eigenvalue weighted by Crippen LogP contribution is 2.20. The van der Waals surface area contributed by atoms with Crippen LogP contribution in [0.5, 0.6) is 5.75 Å². The summed E-state index contributed by atoms with van der Waals surface area (Å²) in [6.07, 6.45) is 1.44. The number of benzene rings is 1. The number of alkyl halides is 1. The Kier molecular flexibility index (Phi) is 4.03. The maximum absolute atomic E-state index is 13.4. The third-order valence-electron chi connectivity index (χ3n) is 1.84. The normalized spacial score (nSPS) is 10.1. The molecule has 1 aromatic rings. The van der Waals surface area contributed by atoms with Crippen LogP contribution in [0, 0.1) is 5.82 Å². The van der Waals surface area contributed by atoms with E-state index in [1.807, 2.05) is 0 Å². The van der Waals surface area contributed by atoms with Crippen LogP contribution in [0.4, 0.5) is 4.39 Å². The Labute approximate surface area is 82.5 Å². The van der Waals surface area contributed by atoms with Crippen molar-refractivity contribution in [2.45, 2.75) is 12.8 Å². The number of methoxy groups -OCH3 is 1. The number of aryl methyl sites for hydroxylation is 1. The second-order valence-electron chi connectivity index (χ2n) is 2.73. The minimum absolute atomic E-state index is 0.268. The van der Waals surface area contributed by atoms with Crippen LogP contribution in [-0.2, 0) is 6.42 Å². The molecule has 13 heavy (non-hydrogen) atoms. The third kappa shape index (κ3) is 2.59. The molecule has 0 saturated carbocycles. The summed E-state index contributed by atoms with van der Waals surface area (Å²) >= 11 is 5.52. The molecule has 0 N–H and O–H groups in total. The van der Waals surface area contributed by atoms with Crippen molar-refractivity contribution in [3.05, 3.63) is 29.6 Å². The van der Waals surface area contributed by atoms with Gasteiger partial charge in [0.25, 0.3) is 0 Å². The number of halogens is 2. The first-order chi connectivity index (χ1) is 6.29. The summed E-state index contributed by atoms with van der Waals surface area (Å²) in [6, 6.07) is 5.15. The monoisotopic (exact) mass is 202 g/mol. The lowest BCUT2D eigenvalue weighted by Crippen LogP contribution is -1.95. The van der Waals surface area contributed by atoms with Crippen LogP contribution in [-0.4, -0.2) is 13.0 Å². The van der Waals surface area contributed by atoms with E-state index in [0.717, 1.165) is 6.42 Å². The van der Waals surface area contributed by atoms with Crippen LogP contribution >= 0.6 is 11.6 Å². The Morgan fingerprint density at radius 1 is 1.46 bits per heavy atom. The van der Waals surface area contributed by atoms with Gasteiger partial charge in [-0.3, -0.25) is 0 Å². The fourth-order valence-corrected chi connectivity index (χ4v) is 1.30. The Morgan fingerprint density at radius 2 is 2.23 bits per heavy atom. The maximum atomic E-state index is 13.4. The molecule has 0 aliphatic carbocycles. The molecule has 0 aromatic heterocycles. The summed E-state index contributed by atoms with van der Waals surface area (Å²) in [4.78, 5) is 0. The van der Waals surface area contributed by atoms with Gasteiger partial charge in [-0.1, -0.05) is 12.1 Å². The van der Waals surface area contributed by atoms with Crippen molar-refractivity contribution in [3.63, 3.8) is 0 Å². The van der Waals surface area contributed by atoms with Gasteiger partial charge in [-0.2, -0.15) is 0 Å². The van der Waals surface area contributed by atoms with Gasteiger partial charge in [0.1, 0.15) is 0 Å². The van der Waals surface area contributed by atoms with Gasteiger partial charge in [-0.05, 0) is 24.5 Å². The number of hydrogen-bond acceptors (Lipinski definition) is 1. The largest absolute Gasteiger partial charge is 0.494 e. The van der Waals surface area contributed by atoms with E-state index in [1.165, 1.54) is 7.11 Å². The lowest BCUT2D eigenvalue weighted by Gasteiger charge is -2.05. The molecule has 0 radical (unpaired) electrons. The highest BCUT2D eigenvalue weighted by Gasteiger charge is 2.06. The molecule has 0 spiro atoms. The Bertz CT molecular complexity index is 276. The molecule has 1 nitrogen and oxygen atoms in total. The molecule has 1 aromatic carbocycles. The SMILES string of the molecule is COc1cccc(CCCCl)c1F. The minimum Gasteiger partial charge on any atom is -0.494 e. The van der Waals surface area contributed by atoms with E-state index >= 15 is 0 Å². The molecule has 0 amide bonds. The van der Waals surface area contributed by atoms with Crippen LogP contribution < -0.4 is 4.74 Å². The molecular formula is C10H12ClFO. The first-order valence-electron chi connectivity index (χ1n) is 4.17. The van der Waals surface area contributed by atoms with Crippen molar-refractivity contribution in [1.82, 2.24) is 0 Å². The zero-order valence-electron chi connectivity index (χ0n) is 7.52. The predicted molar refractivity (Wildman–Crippen MR) is 52.0 cm³/mol. The topological polar surface area (TPSA) is 9.23 Å². The second-order valence-corrected chi connectivity index (χ2v) is 3.10. The van der Waals surface area contributed by atoms with Gasteiger partial charge in [-0.15, -0.1) is 11.6 Å². The molecule has 0 bridgehead atoms. The van der Waals surface area contributed by atoms with Gasteiger partial charge in [0.05, 0.1) is 7.11 Å². The molecule has 3 heteroatoms. The summed E-state index contributed by atoms with van der Waals surface area (Å²) in [5.74, 6) is 0.582. The van der Waals surface area contributed by atoms with E-state index in [0.29, 0.717) is 23.6 Å². The first kappa shape index (κ1) is 10.3. The smallest absolute Gasteiger partial charge is 0.168 e. The van der Waals surface area contributed by atoms with E-state index < -0.39 is 0 Å². The lowest BCUT2D eigenvalue weighted by atomic mass is 10.1. The average molecular weight is 203 g/mol. The van der Waals surface area contributed by atoms with Crippen molar-refractivity contribution in [1.29, 1.82) is 0 Å². The zero-order valence-corrected chi connectivity index (χ0v) is 8.27. The van der Waals surface area contributed by atoms with Gasteiger partial charge in [0.2, 0.25) is 0 Å². The Balaban J connectivity index is 2.81. The highest BCUT2D eigenvalue weighted by molar-refractivity contribution is 6.17. The van der Waals surface area contributed by atoms with Gasteiger partial charge >= 0.3 is 0 Å². The summed E-state index contributed by atoms with van der Waals surface area (Å²) in [5.41, 5.74) is 0.667. The Morgan fingerprint density at radius 3 is 2.85 bits per heavy atom. The maximum Gasteiger partial charge on any atom is 0.168 e. The molecule has 72 valence electrons. The molecule has 0 atom stereocenters. The first-order valence-corrected chi connectivity index (χ1v) is 4.70. The van der Waals surface area contributed by atoms with Gasteiger partial charge in [0.15, 0.2) is 11.6 Å². The molecular weight excluding hydrogens is 191 g/mol. The van der Waals surface area contributed by atoms with E-state index in [2.05, 4.69) is 0 Å². The van der Waals surface area contributed by atoms with Gasteiger partial charge < -0.3 is 4.74 Å². The summed E-state index contributed by atoms with van der Waals surface area (Å²) < 4.78 is 18.3. The second kappa shape index (κ2) is 5.07.